The molecular weight excluding hydrogens is 388 g/mol. The summed E-state index contributed by atoms with van der Waals surface area (Å²) in [7, 11) is 2.03. The molecule has 2 atom stereocenters. The van der Waals surface area contributed by atoms with Gasteiger partial charge in [-0.15, -0.1) is 11.3 Å². The van der Waals surface area contributed by atoms with E-state index in [9.17, 15) is 0 Å². The van der Waals surface area contributed by atoms with Crippen LogP contribution >= 0.6 is 43.2 Å². The van der Waals surface area contributed by atoms with Crippen LogP contribution in [0.25, 0.3) is 0 Å². The molecule has 1 aliphatic rings. The third-order valence-electron chi connectivity index (χ3n) is 3.73. The Kier molecular flexibility index (Phi) is 4.08. The molecule has 2 nitrogen and oxygen atoms in total. The van der Waals surface area contributed by atoms with Gasteiger partial charge in [-0.1, -0.05) is 6.07 Å². The lowest BCUT2D eigenvalue weighted by atomic mass is 9.92. The van der Waals surface area contributed by atoms with Gasteiger partial charge >= 0.3 is 0 Å². The van der Waals surface area contributed by atoms with Crippen LogP contribution < -0.4 is 5.32 Å². The van der Waals surface area contributed by atoms with Gasteiger partial charge < -0.3 is 5.32 Å². The number of aryl methyl sites for hydroxylation is 1. The number of likely N-dealkylation sites (N-methyl/N-ethyl adjacent to an activating group) is 1. The molecule has 0 aromatic carbocycles. The first-order valence-corrected chi connectivity index (χ1v) is 8.66. The molecule has 0 spiro atoms. The first-order chi connectivity index (χ1) is 9.20. The van der Waals surface area contributed by atoms with Crippen molar-refractivity contribution in [2.75, 3.05) is 7.05 Å². The minimum Gasteiger partial charge on any atom is -0.312 e. The van der Waals surface area contributed by atoms with Crippen LogP contribution in [0.4, 0.5) is 0 Å². The van der Waals surface area contributed by atoms with Crippen molar-refractivity contribution in [3.8, 4) is 0 Å². The molecule has 0 saturated heterocycles. The van der Waals surface area contributed by atoms with Gasteiger partial charge in [0.1, 0.15) is 0 Å². The van der Waals surface area contributed by atoms with Crippen molar-refractivity contribution < 1.29 is 0 Å². The number of nitrogens with zero attached hydrogens (tertiary/aromatic N) is 1. The van der Waals surface area contributed by atoms with Crippen LogP contribution in [-0.4, -0.2) is 12.0 Å². The summed E-state index contributed by atoms with van der Waals surface area (Å²) in [5.41, 5.74) is 3.98. The Morgan fingerprint density at radius 1 is 1.47 bits per heavy atom. The normalized spacial score (nSPS) is 19.4. The highest BCUT2D eigenvalue weighted by Crippen LogP contribution is 2.45. The SMILES string of the molecule is CNC(c1cc(Br)sc1Br)C1CCc2cccnc21. The molecule has 100 valence electrons. The van der Waals surface area contributed by atoms with Gasteiger partial charge in [0.2, 0.25) is 0 Å². The fraction of sp³-hybridized carbons (Fsp3) is 0.357. The van der Waals surface area contributed by atoms with Gasteiger partial charge in [0.25, 0.3) is 0 Å². The third kappa shape index (κ3) is 2.53. The van der Waals surface area contributed by atoms with Crippen LogP contribution in [0.3, 0.4) is 0 Å². The lowest BCUT2D eigenvalue weighted by Gasteiger charge is -2.23. The van der Waals surface area contributed by atoms with Gasteiger partial charge in [-0.3, -0.25) is 4.98 Å². The van der Waals surface area contributed by atoms with Gasteiger partial charge in [0, 0.05) is 23.9 Å². The predicted molar refractivity (Wildman–Crippen MR) is 86.8 cm³/mol. The van der Waals surface area contributed by atoms with E-state index in [0.717, 1.165) is 16.6 Å². The minimum atomic E-state index is 0.313. The van der Waals surface area contributed by atoms with E-state index in [-0.39, 0.29) is 0 Å². The summed E-state index contributed by atoms with van der Waals surface area (Å²) in [6.45, 7) is 0. The fourth-order valence-corrected chi connectivity index (χ4v) is 5.84. The fourth-order valence-electron chi connectivity index (χ4n) is 2.91. The molecule has 3 rings (SSSR count). The third-order valence-corrected chi connectivity index (χ3v) is 6.12. The predicted octanol–water partition coefficient (Wildman–Crippen LogP) is 4.66. The average Bonchev–Trinajstić information content (AvgIpc) is 2.96. The highest BCUT2D eigenvalue weighted by atomic mass is 79.9. The second-order valence-corrected chi connectivity index (χ2v) is 8.49. The molecule has 2 aromatic rings. The van der Waals surface area contributed by atoms with Crippen LogP contribution in [0, 0.1) is 0 Å². The number of aromatic nitrogens is 1. The maximum Gasteiger partial charge on any atom is 0.0758 e. The maximum absolute atomic E-state index is 4.61. The van der Waals surface area contributed by atoms with E-state index in [0.29, 0.717) is 12.0 Å². The molecule has 0 aliphatic heterocycles. The zero-order valence-electron chi connectivity index (χ0n) is 10.5. The first-order valence-electron chi connectivity index (χ1n) is 6.26. The molecule has 19 heavy (non-hydrogen) atoms. The largest absolute Gasteiger partial charge is 0.312 e. The van der Waals surface area contributed by atoms with Crippen molar-refractivity contribution in [3.63, 3.8) is 0 Å². The number of rotatable bonds is 3. The topological polar surface area (TPSA) is 24.9 Å². The van der Waals surface area contributed by atoms with Crippen LogP contribution in [-0.2, 0) is 6.42 Å². The van der Waals surface area contributed by atoms with E-state index in [1.54, 1.807) is 11.3 Å². The summed E-state index contributed by atoms with van der Waals surface area (Å²) in [4.78, 5) is 4.61. The zero-order chi connectivity index (χ0) is 13.4. The Bertz CT molecular complexity index is 597. The van der Waals surface area contributed by atoms with E-state index in [1.165, 1.54) is 20.6 Å². The van der Waals surface area contributed by atoms with Gasteiger partial charge in [-0.2, -0.15) is 0 Å². The lowest BCUT2D eigenvalue weighted by molar-refractivity contribution is 0.470. The van der Waals surface area contributed by atoms with Gasteiger partial charge in [-0.05, 0) is 75.0 Å². The van der Waals surface area contributed by atoms with Crippen molar-refractivity contribution in [1.29, 1.82) is 0 Å². The van der Waals surface area contributed by atoms with Crippen molar-refractivity contribution in [2.24, 2.45) is 0 Å². The van der Waals surface area contributed by atoms with E-state index in [2.05, 4.69) is 54.3 Å². The second-order valence-electron chi connectivity index (χ2n) is 4.74. The molecule has 2 heterocycles. The van der Waals surface area contributed by atoms with Gasteiger partial charge in [-0.25, -0.2) is 0 Å². The summed E-state index contributed by atoms with van der Waals surface area (Å²) < 4.78 is 2.36. The summed E-state index contributed by atoms with van der Waals surface area (Å²) >= 11 is 8.97. The van der Waals surface area contributed by atoms with Crippen molar-refractivity contribution in [3.05, 3.63) is 48.8 Å². The molecule has 0 bridgehead atoms. The molecule has 2 unspecified atom stereocenters. The van der Waals surface area contributed by atoms with E-state index in [4.69, 9.17) is 0 Å². The molecule has 5 heteroatoms. The number of halogens is 2. The van der Waals surface area contributed by atoms with E-state index < -0.39 is 0 Å². The smallest absolute Gasteiger partial charge is 0.0758 e. The number of nitrogens with one attached hydrogen (secondary N) is 1. The van der Waals surface area contributed by atoms with Gasteiger partial charge in [0.15, 0.2) is 0 Å². The van der Waals surface area contributed by atoms with Crippen LogP contribution in [0.5, 0.6) is 0 Å². The highest BCUT2D eigenvalue weighted by Gasteiger charge is 2.32. The molecule has 0 saturated carbocycles. The standard InChI is InChI=1S/C14H14Br2N2S/c1-17-13(10-7-11(15)19-14(10)16)9-5-4-8-3-2-6-18-12(8)9/h2-3,6-7,9,13,17H,4-5H2,1H3. The Balaban J connectivity index is 1.99. The Morgan fingerprint density at radius 2 is 2.32 bits per heavy atom. The summed E-state index contributed by atoms with van der Waals surface area (Å²) in [6, 6.07) is 6.75. The molecule has 1 aliphatic carbocycles. The summed E-state index contributed by atoms with van der Waals surface area (Å²) in [5, 5.41) is 3.47. The summed E-state index contributed by atoms with van der Waals surface area (Å²) in [6.07, 6.45) is 4.20. The van der Waals surface area contributed by atoms with Crippen molar-refractivity contribution in [1.82, 2.24) is 10.3 Å². The Labute approximate surface area is 133 Å². The lowest BCUT2D eigenvalue weighted by Crippen LogP contribution is -2.23. The van der Waals surface area contributed by atoms with Gasteiger partial charge in [0.05, 0.1) is 7.57 Å². The Morgan fingerprint density at radius 3 is 3.00 bits per heavy atom. The molecule has 1 N–H and O–H groups in total. The number of thiophene rings is 1. The Hall–Kier alpha value is -0.230. The summed E-state index contributed by atoms with van der Waals surface area (Å²) in [5.74, 6) is 0.457. The highest BCUT2D eigenvalue weighted by molar-refractivity contribution is 9.12. The quantitative estimate of drug-likeness (QED) is 0.808. The minimum absolute atomic E-state index is 0.313. The van der Waals surface area contributed by atoms with Crippen LogP contribution in [0.2, 0.25) is 0 Å². The second kappa shape index (κ2) is 5.64. The molecule has 2 aromatic heterocycles. The average molecular weight is 402 g/mol. The molecule has 0 amide bonds. The molecular formula is C14H14Br2N2S. The van der Waals surface area contributed by atoms with E-state index >= 15 is 0 Å². The van der Waals surface area contributed by atoms with Crippen molar-refractivity contribution in [2.45, 2.75) is 24.8 Å². The number of hydrogen-bond acceptors (Lipinski definition) is 3. The number of hydrogen-bond donors (Lipinski definition) is 1. The van der Waals surface area contributed by atoms with E-state index in [1.807, 2.05) is 19.3 Å². The monoisotopic (exact) mass is 400 g/mol. The molecule has 0 fully saturated rings. The van der Waals surface area contributed by atoms with Crippen LogP contribution in [0.15, 0.2) is 32.0 Å². The van der Waals surface area contributed by atoms with Crippen LogP contribution in [0.1, 0.15) is 35.2 Å². The number of fused-ring (bicyclic) bond motifs is 1. The number of pyridine rings is 1. The van der Waals surface area contributed by atoms with Crippen molar-refractivity contribution >= 4 is 43.2 Å². The first kappa shape index (κ1) is 13.7. The zero-order valence-corrected chi connectivity index (χ0v) is 14.5. The molecule has 0 radical (unpaired) electrons. The maximum atomic E-state index is 4.61.